The lowest BCUT2D eigenvalue weighted by Gasteiger charge is -2.08. The second-order valence-corrected chi connectivity index (χ2v) is 6.31. The van der Waals surface area contributed by atoms with E-state index in [1.165, 1.54) is 12.1 Å². The summed E-state index contributed by atoms with van der Waals surface area (Å²) in [5, 5.41) is 4.78. The topological polar surface area (TPSA) is 130 Å². The van der Waals surface area contributed by atoms with Gasteiger partial charge in [-0.25, -0.2) is 13.1 Å². The molecule has 0 spiro atoms. The van der Waals surface area contributed by atoms with Gasteiger partial charge in [0.1, 0.15) is 0 Å². The lowest BCUT2D eigenvalue weighted by atomic mass is 10.2. The molecular weight excluding hydrogens is 308 g/mol. The number of carbonyl (C=O) groups is 2. The van der Waals surface area contributed by atoms with E-state index in [1.807, 2.05) is 6.92 Å². The van der Waals surface area contributed by atoms with Crippen LogP contribution in [0.4, 0.5) is 0 Å². The number of benzene rings is 1. The Morgan fingerprint density at radius 1 is 1.05 bits per heavy atom. The molecule has 0 aliphatic heterocycles. The molecule has 1 rings (SSSR count). The van der Waals surface area contributed by atoms with Crippen molar-refractivity contribution in [3.05, 3.63) is 29.8 Å². The van der Waals surface area contributed by atoms with Gasteiger partial charge in [-0.15, -0.1) is 0 Å². The Balaban J connectivity index is 2.33. The second kappa shape index (κ2) is 8.47. The molecule has 22 heavy (non-hydrogen) atoms. The van der Waals surface area contributed by atoms with Crippen LogP contribution >= 0.6 is 0 Å². The van der Waals surface area contributed by atoms with E-state index >= 15 is 0 Å². The van der Waals surface area contributed by atoms with E-state index in [1.54, 1.807) is 12.1 Å². The highest BCUT2D eigenvalue weighted by molar-refractivity contribution is 7.89. The van der Waals surface area contributed by atoms with Crippen molar-refractivity contribution in [2.75, 3.05) is 26.2 Å². The molecule has 1 aromatic carbocycles. The Hall–Kier alpha value is -1.97. The van der Waals surface area contributed by atoms with Gasteiger partial charge in [0, 0.05) is 13.1 Å². The highest BCUT2D eigenvalue weighted by Gasteiger charge is 2.12. The van der Waals surface area contributed by atoms with Gasteiger partial charge in [-0.2, -0.15) is 0 Å². The zero-order chi connectivity index (χ0) is 16.6. The summed E-state index contributed by atoms with van der Waals surface area (Å²) in [5.74, 6) is -0.855. The maximum absolute atomic E-state index is 11.9. The van der Waals surface area contributed by atoms with E-state index in [0.29, 0.717) is 0 Å². The molecule has 0 aliphatic rings. The fraction of sp³-hybridized carbons (Fsp3) is 0.385. The summed E-state index contributed by atoms with van der Waals surface area (Å²) in [6.07, 6.45) is 0. The molecule has 0 heterocycles. The molecule has 1 aromatic rings. The van der Waals surface area contributed by atoms with E-state index in [2.05, 4.69) is 15.4 Å². The maximum atomic E-state index is 11.9. The molecule has 0 fully saturated rings. The van der Waals surface area contributed by atoms with Crippen LogP contribution in [0.3, 0.4) is 0 Å². The normalized spacial score (nSPS) is 11.0. The molecule has 122 valence electrons. The average molecular weight is 328 g/mol. The Bertz CT molecular complexity index is 613. The molecule has 5 N–H and O–H groups in total. The lowest BCUT2D eigenvalue weighted by Crippen LogP contribution is -2.41. The summed E-state index contributed by atoms with van der Waals surface area (Å²) in [7, 11) is -3.59. The zero-order valence-electron chi connectivity index (χ0n) is 12.3. The molecule has 0 saturated heterocycles. The largest absolute Gasteiger partial charge is 0.353 e. The van der Waals surface area contributed by atoms with Gasteiger partial charge >= 0.3 is 0 Å². The molecule has 0 saturated carbocycles. The predicted octanol–water partition coefficient (Wildman–Crippen LogP) is -1.54. The first-order valence-electron chi connectivity index (χ1n) is 6.65. The van der Waals surface area contributed by atoms with Crippen molar-refractivity contribution >= 4 is 21.8 Å². The average Bonchev–Trinajstić information content (AvgIpc) is 2.49. The highest BCUT2D eigenvalue weighted by atomic mass is 32.2. The molecule has 9 heteroatoms. The predicted molar refractivity (Wildman–Crippen MR) is 81.4 cm³/mol. The molecule has 0 aromatic heterocycles. The van der Waals surface area contributed by atoms with Gasteiger partial charge in [-0.05, 0) is 19.1 Å². The standard InChI is InChI=1S/C13H20N4O4S/c1-10-2-4-11(5-3-10)22(20,21)17-7-6-15-13(19)9-16-12(18)8-14/h2-5,17H,6-9,14H2,1H3,(H,15,19)(H,16,18). The van der Waals surface area contributed by atoms with Gasteiger partial charge in [0.15, 0.2) is 0 Å². The van der Waals surface area contributed by atoms with Gasteiger partial charge in [0.25, 0.3) is 0 Å². The maximum Gasteiger partial charge on any atom is 0.240 e. The monoisotopic (exact) mass is 328 g/mol. The third kappa shape index (κ3) is 6.20. The van der Waals surface area contributed by atoms with Crippen molar-refractivity contribution in [2.24, 2.45) is 5.73 Å². The van der Waals surface area contributed by atoms with Crippen molar-refractivity contribution in [3.8, 4) is 0 Å². The summed E-state index contributed by atoms with van der Waals surface area (Å²) in [5.41, 5.74) is 6.04. The van der Waals surface area contributed by atoms with E-state index in [0.717, 1.165) is 5.56 Å². The van der Waals surface area contributed by atoms with Gasteiger partial charge in [0.05, 0.1) is 18.0 Å². The van der Waals surface area contributed by atoms with Crippen LogP contribution in [0.5, 0.6) is 0 Å². The minimum absolute atomic E-state index is 0.0484. The number of amides is 2. The molecule has 8 nitrogen and oxygen atoms in total. The first-order valence-corrected chi connectivity index (χ1v) is 8.13. The summed E-state index contributed by atoms with van der Waals surface area (Å²) in [6.45, 7) is 1.64. The minimum Gasteiger partial charge on any atom is -0.353 e. The van der Waals surface area contributed by atoms with Gasteiger partial charge in [-0.3, -0.25) is 9.59 Å². The number of aryl methyl sites for hydroxylation is 1. The van der Waals surface area contributed by atoms with Gasteiger partial charge in [-0.1, -0.05) is 17.7 Å². The van der Waals surface area contributed by atoms with Gasteiger partial charge in [0.2, 0.25) is 21.8 Å². The van der Waals surface area contributed by atoms with Crippen molar-refractivity contribution < 1.29 is 18.0 Å². The van der Waals surface area contributed by atoms with E-state index < -0.39 is 21.8 Å². The number of sulfonamides is 1. The van der Waals surface area contributed by atoms with Crippen LogP contribution in [0, 0.1) is 6.92 Å². The van der Waals surface area contributed by atoms with Crippen LogP contribution in [-0.4, -0.2) is 46.4 Å². The van der Waals surface area contributed by atoms with Crippen molar-refractivity contribution in [3.63, 3.8) is 0 Å². The van der Waals surface area contributed by atoms with Crippen LogP contribution < -0.4 is 21.1 Å². The smallest absolute Gasteiger partial charge is 0.240 e. The number of hydrogen-bond acceptors (Lipinski definition) is 5. The number of nitrogens with one attached hydrogen (secondary N) is 3. The zero-order valence-corrected chi connectivity index (χ0v) is 13.1. The quantitative estimate of drug-likeness (QED) is 0.430. The Morgan fingerprint density at radius 2 is 1.68 bits per heavy atom. The SMILES string of the molecule is Cc1ccc(S(=O)(=O)NCCNC(=O)CNC(=O)CN)cc1. The van der Waals surface area contributed by atoms with Crippen molar-refractivity contribution in [1.29, 1.82) is 0 Å². The van der Waals surface area contributed by atoms with Gasteiger partial charge < -0.3 is 16.4 Å². The van der Waals surface area contributed by atoms with Crippen molar-refractivity contribution in [2.45, 2.75) is 11.8 Å². The molecular formula is C13H20N4O4S. The molecule has 0 radical (unpaired) electrons. The Morgan fingerprint density at radius 3 is 2.27 bits per heavy atom. The molecule has 0 bridgehead atoms. The molecule has 2 amide bonds. The van der Waals surface area contributed by atoms with Crippen LogP contribution in [0.15, 0.2) is 29.2 Å². The number of rotatable bonds is 8. The molecule has 0 aliphatic carbocycles. The van der Waals surface area contributed by atoms with E-state index in [-0.39, 0.29) is 31.1 Å². The Labute approximate surface area is 129 Å². The van der Waals surface area contributed by atoms with E-state index in [9.17, 15) is 18.0 Å². The second-order valence-electron chi connectivity index (χ2n) is 4.54. The van der Waals surface area contributed by atoms with Crippen LogP contribution in [0.1, 0.15) is 5.56 Å². The third-order valence-electron chi connectivity index (χ3n) is 2.70. The fourth-order valence-corrected chi connectivity index (χ4v) is 2.53. The summed E-state index contributed by atoms with van der Waals surface area (Å²) < 4.78 is 26.3. The highest BCUT2D eigenvalue weighted by Crippen LogP contribution is 2.09. The fourth-order valence-electron chi connectivity index (χ4n) is 1.50. The minimum atomic E-state index is -3.59. The first kappa shape index (κ1) is 18.1. The van der Waals surface area contributed by atoms with Crippen LogP contribution in [0.25, 0.3) is 0 Å². The van der Waals surface area contributed by atoms with E-state index in [4.69, 9.17) is 5.73 Å². The molecule has 0 atom stereocenters. The van der Waals surface area contributed by atoms with Crippen LogP contribution in [-0.2, 0) is 19.6 Å². The molecule has 0 unspecified atom stereocenters. The van der Waals surface area contributed by atoms with Crippen molar-refractivity contribution in [1.82, 2.24) is 15.4 Å². The number of hydrogen-bond donors (Lipinski definition) is 4. The van der Waals surface area contributed by atoms with Crippen LogP contribution in [0.2, 0.25) is 0 Å². The Kier molecular flexibility index (Phi) is 6.96. The first-order chi connectivity index (χ1) is 10.3. The summed E-state index contributed by atoms with van der Waals surface area (Å²) >= 11 is 0. The lowest BCUT2D eigenvalue weighted by molar-refractivity contribution is -0.125. The summed E-state index contributed by atoms with van der Waals surface area (Å²) in [6, 6.07) is 6.43. The summed E-state index contributed by atoms with van der Waals surface area (Å²) in [4.78, 5) is 22.4. The number of carbonyl (C=O) groups excluding carboxylic acids is 2. The number of nitrogens with two attached hydrogens (primary N) is 1. The third-order valence-corrected chi connectivity index (χ3v) is 4.18.